The number of hydrogen-bond acceptors (Lipinski definition) is 3. The van der Waals surface area contributed by atoms with Crippen LogP contribution in [0.25, 0.3) is 5.70 Å². The van der Waals surface area contributed by atoms with Gasteiger partial charge in [0.1, 0.15) is 5.75 Å². The van der Waals surface area contributed by atoms with Gasteiger partial charge in [0.05, 0.1) is 0 Å². The molecular formula is C14H20N2O2. The first-order valence-electron chi connectivity index (χ1n) is 6.07. The van der Waals surface area contributed by atoms with Crippen molar-refractivity contribution in [2.75, 3.05) is 6.54 Å². The Morgan fingerprint density at radius 1 is 1.50 bits per heavy atom. The fourth-order valence-corrected chi connectivity index (χ4v) is 1.69. The molecular weight excluding hydrogens is 228 g/mol. The first kappa shape index (κ1) is 14.1. The van der Waals surface area contributed by atoms with E-state index in [2.05, 4.69) is 5.32 Å². The molecule has 4 N–H and O–H groups in total. The van der Waals surface area contributed by atoms with Gasteiger partial charge in [-0.05, 0) is 30.5 Å². The maximum absolute atomic E-state index is 10.7. The summed E-state index contributed by atoms with van der Waals surface area (Å²) in [6.45, 7) is 4.04. The molecule has 4 nitrogen and oxygen atoms in total. The van der Waals surface area contributed by atoms with Crippen LogP contribution >= 0.6 is 0 Å². The van der Waals surface area contributed by atoms with Gasteiger partial charge in [-0.3, -0.25) is 4.79 Å². The standard InChI is InChI=1S/C14H20N2O2/c1-3-4-13(15)12-6-5-11(9-14(12)18)7-8-16-10(2)17/h4-6,9,18H,3,7-8,15H2,1-2H3,(H,16,17)/b13-4-. The molecule has 1 amide bonds. The molecule has 0 atom stereocenters. The smallest absolute Gasteiger partial charge is 0.216 e. The Kier molecular flexibility index (Phi) is 5.24. The Hall–Kier alpha value is -1.97. The molecule has 0 aliphatic carbocycles. The molecule has 0 aromatic heterocycles. The number of amides is 1. The van der Waals surface area contributed by atoms with E-state index in [-0.39, 0.29) is 11.7 Å². The zero-order valence-electron chi connectivity index (χ0n) is 10.9. The second-order valence-electron chi connectivity index (χ2n) is 4.15. The number of phenolic OH excluding ortho intramolecular Hbond substituents is 1. The van der Waals surface area contributed by atoms with E-state index in [1.165, 1.54) is 6.92 Å². The van der Waals surface area contributed by atoms with E-state index in [4.69, 9.17) is 5.73 Å². The predicted molar refractivity (Wildman–Crippen MR) is 72.9 cm³/mol. The fourth-order valence-electron chi connectivity index (χ4n) is 1.69. The SMILES string of the molecule is CC/C=C(\N)c1ccc(CCNC(C)=O)cc1O. The number of benzene rings is 1. The van der Waals surface area contributed by atoms with Crippen LogP contribution < -0.4 is 11.1 Å². The average molecular weight is 248 g/mol. The van der Waals surface area contributed by atoms with E-state index in [0.717, 1.165) is 12.0 Å². The van der Waals surface area contributed by atoms with Crippen LogP contribution in [-0.2, 0) is 11.2 Å². The fraction of sp³-hybridized carbons (Fsp3) is 0.357. The Balaban J connectivity index is 2.73. The maximum Gasteiger partial charge on any atom is 0.216 e. The number of carbonyl (C=O) groups excluding carboxylic acids is 1. The lowest BCUT2D eigenvalue weighted by Gasteiger charge is -2.08. The largest absolute Gasteiger partial charge is 0.507 e. The predicted octanol–water partition coefficient (Wildman–Crippen LogP) is 1.78. The molecule has 0 spiro atoms. The number of aromatic hydroxyl groups is 1. The van der Waals surface area contributed by atoms with Crippen LogP contribution in [0.15, 0.2) is 24.3 Å². The molecule has 98 valence electrons. The van der Waals surface area contributed by atoms with Crippen molar-refractivity contribution in [1.82, 2.24) is 5.32 Å². The monoisotopic (exact) mass is 248 g/mol. The summed E-state index contributed by atoms with van der Waals surface area (Å²) in [6.07, 6.45) is 3.38. The molecule has 0 heterocycles. The van der Waals surface area contributed by atoms with E-state index >= 15 is 0 Å². The Morgan fingerprint density at radius 2 is 2.22 bits per heavy atom. The summed E-state index contributed by atoms with van der Waals surface area (Å²) in [5, 5.41) is 12.6. The van der Waals surface area contributed by atoms with Crippen molar-refractivity contribution in [2.45, 2.75) is 26.7 Å². The van der Waals surface area contributed by atoms with Crippen LogP contribution in [0.3, 0.4) is 0 Å². The van der Waals surface area contributed by atoms with Crippen LogP contribution in [0, 0.1) is 0 Å². The Labute approximate surface area is 108 Å². The van der Waals surface area contributed by atoms with Crippen LogP contribution in [0.5, 0.6) is 5.75 Å². The molecule has 18 heavy (non-hydrogen) atoms. The number of allylic oxidation sites excluding steroid dienone is 1. The van der Waals surface area contributed by atoms with Crippen molar-refractivity contribution in [2.24, 2.45) is 5.73 Å². The van der Waals surface area contributed by atoms with E-state index in [1.807, 2.05) is 19.1 Å². The second kappa shape index (κ2) is 6.69. The number of nitrogens with two attached hydrogens (primary N) is 1. The highest BCUT2D eigenvalue weighted by atomic mass is 16.3. The van der Waals surface area contributed by atoms with Gasteiger partial charge in [-0.2, -0.15) is 0 Å². The highest BCUT2D eigenvalue weighted by Gasteiger charge is 2.05. The average Bonchev–Trinajstić information content (AvgIpc) is 2.28. The van der Waals surface area contributed by atoms with Crippen molar-refractivity contribution in [3.63, 3.8) is 0 Å². The molecule has 0 saturated heterocycles. The lowest BCUT2D eigenvalue weighted by molar-refractivity contribution is -0.118. The Bertz CT molecular complexity index is 453. The lowest BCUT2D eigenvalue weighted by Crippen LogP contribution is -2.22. The third-order valence-electron chi connectivity index (χ3n) is 2.58. The Morgan fingerprint density at radius 3 is 2.78 bits per heavy atom. The molecule has 0 bridgehead atoms. The summed E-state index contributed by atoms with van der Waals surface area (Å²) in [5.74, 6) is 0.128. The van der Waals surface area contributed by atoms with E-state index in [0.29, 0.717) is 24.2 Å². The van der Waals surface area contributed by atoms with Gasteiger partial charge < -0.3 is 16.2 Å². The molecule has 0 fully saturated rings. The van der Waals surface area contributed by atoms with Crippen LogP contribution in [0.4, 0.5) is 0 Å². The van der Waals surface area contributed by atoms with Gasteiger partial charge in [0.15, 0.2) is 0 Å². The minimum atomic E-state index is -0.0500. The third-order valence-corrected chi connectivity index (χ3v) is 2.58. The van der Waals surface area contributed by atoms with Crippen molar-refractivity contribution >= 4 is 11.6 Å². The topological polar surface area (TPSA) is 75.3 Å². The van der Waals surface area contributed by atoms with E-state index in [9.17, 15) is 9.90 Å². The van der Waals surface area contributed by atoms with Gasteiger partial charge >= 0.3 is 0 Å². The van der Waals surface area contributed by atoms with Crippen molar-refractivity contribution in [1.29, 1.82) is 0 Å². The van der Waals surface area contributed by atoms with Gasteiger partial charge in [0.25, 0.3) is 0 Å². The summed E-state index contributed by atoms with van der Waals surface area (Å²) in [6, 6.07) is 5.40. The number of phenols is 1. The normalized spacial score (nSPS) is 11.3. The number of nitrogens with one attached hydrogen (secondary N) is 1. The molecule has 1 rings (SSSR count). The minimum Gasteiger partial charge on any atom is -0.507 e. The molecule has 1 aromatic carbocycles. The summed E-state index contributed by atoms with van der Waals surface area (Å²) in [7, 11) is 0. The van der Waals surface area contributed by atoms with Crippen LogP contribution in [-0.4, -0.2) is 17.6 Å². The summed E-state index contributed by atoms with van der Waals surface area (Å²) < 4.78 is 0. The van der Waals surface area contributed by atoms with Crippen LogP contribution in [0.1, 0.15) is 31.4 Å². The molecule has 0 aliphatic rings. The summed E-state index contributed by atoms with van der Waals surface area (Å²) in [5.41, 5.74) is 8.05. The van der Waals surface area contributed by atoms with Crippen molar-refractivity contribution in [3.8, 4) is 5.75 Å². The maximum atomic E-state index is 10.7. The molecule has 0 aliphatic heterocycles. The minimum absolute atomic E-state index is 0.0500. The lowest BCUT2D eigenvalue weighted by atomic mass is 10.1. The van der Waals surface area contributed by atoms with Gasteiger partial charge in [0.2, 0.25) is 5.91 Å². The highest BCUT2D eigenvalue weighted by molar-refractivity contribution is 5.72. The van der Waals surface area contributed by atoms with Crippen molar-refractivity contribution < 1.29 is 9.90 Å². The van der Waals surface area contributed by atoms with Crippen LogP contribution in [0.2, 0.25) is 0 Å². The second-order valence-corrected chi connectivity index (χ2v) is 4.15. The summed E-state index contributed by atoms with van der Waals surface area (Å²) in [4.78, 5) is 10.7. The number of rotatable bonds is 5. The molecule has 4 heteroatoms. The quantitative estimate of drug-likeness (QED) is 0.743. The van der Waals surface area contributed by atoms with Gasteiger partial charge in [-0.15, -0.1) is 0 Å². The molecule has 0 saturated carbocycles. The third kappa shape index (κ3) is 4.13. The molecule has 1 aromatic rings. The summed E-state index contributed by atoms with van der Waals surface area (Å²) >= 11 is 0. The first-order valence-corrected chi connectivity index (χ1v) is 6.07. The zero-order valence-corrected chi connectivity index (χ0v) is 10.9. The van der Waals surface area contributed by atoms with Gasteiger partial charge in [-0.1, -0.05) is 19.1 Å². The van der Waals surface area contributed by atoms with E-state index in [1.54, 1.807) is 12.1 Å². The molecule has 0 radical (unpaired) electrons. The van der Waals surface area contributed by atoms with Crippen molar-refractivity contribution in [3.05, 3.63) is 35.4 Å². The first-order chi connectivity index (χ1) is 8.54. The number of hydrogen-bond donors (Lipinski definition) is 3. The van der Waals surface area contributed by atoms with E-state index < -0.39 is 0 Å². The highest BCUT2D eigenvalue weighted by Crippen LogP contribution is 2.23. The zero-order chi connectivity index (χ0) is 13.5. The molecule has 0 unspecified atom stereocenters. The number of carbonyl (C=O) groups is 1. The van der Waals surface area contributed by atoms with Gasteiger partial charge in [-0.25, -0.2) is 0 Å². The van der Waals surface area contributed by atoms with Gasteiger partial charge in [0, 0.05) is 24.7 Å².